The molecule has 3 amide bonds. The van der Waals surface area contributed by atoms with Crippen molar-refractivity contribution in [1.29, 1.82) is 0 Å². The first-order valence-corrected chi connectivity index (χ1v) is 12.9. The Balaban J connectivity index is 1.32. The van der Waals surface area contributed by atoms with Crippen molar-refractivity contribution in [2.75, 3.05) is 48.0 Å². The summed E-state index contributed by atoms with van der Waals surface area (Å²) in [6, 6.07) is 5.82. The van der Waals surface area contributed by atoms with Crippen LogP contribution in [0.15, 0.2) is 30.5 Å². The number of hydrogen-bond donors (Lipinski definition) is 2. The lowest BCUT2D eigenvalue weighted by Crippen LogP contribution is -2.56. The van der Waals surface area contributed by atoms with E-state index >= 15 is 0 Å². The molecule has 2 N–H and O–H groups in total. The summed E-state index contributed by atoms with van der Waals surface area (Å²) in [5.74, 6) is -3.37. The van der Waals surface area contributed by atoms with Crippen LogP contribution < -0.4 is 25.2 Å². The van der Waals surface area contributed by atoms with Crippen LogP contribution in [0.25, 0.3) is 0 Å². The molecule has 3 aliphatic rings. The molecule has 5 rings (SSSR count). The van der Waals surface area contributed by atoms with Crippen LogP contribution in [0.5, 0.6) is 5.75 Å². The molecular weight excluding hydrogens is 514 g/mol. The Labute approximate surface area is 224 Å². The Bertz CT molecular complexity index is 1240. The third-order valence-electron chi connectivity index (χ3n) is 6.67. The Morgan fingerprint density at radius 3 is 2.85 bits per heavy atom. The zero-order valence-corrected chi connectivity index (χ0v) is 22.1. The lowest BCUT2D eigenvalue weighted by atomic mass is 10.00. The number of nitrogens with zero attached hydrogens (tertiary/aromatic N) is 4. The fraction of sp³-hybridized carbons (Fsp3) is 0.538. The Morgan fingerprint density at radius 2 is 2.10 bits per heavy atom. The van der Waals surface area contributed by atoms with Crippen LogP contribution in [-0.2, 0) is 9.47 Å². The molecule has 2 atom stereocenters. The topological polar surface area (TPSA) is 118 Å². The third kappa shape index (κ3) is 6.36. The van der Waals surface area contributed by atoms with Gasteiger partial charge in [0.15, 0.2) is 11.6 Å². The predicted octanol–water partition coefficient (Wildman–Crippen LogP) is 3.41. The molecule has 2 fully saturated rings. The number of nitrogens with one attached hydrogen (secondary N) is 2. The number of rotatable bonds is 7. The number of alkyl halides is 2. The van der Waals surface area contributed by atoms with E-state index in [0.29, 0.717) is 30.4 Å². The number of piperidine rings is 1. The van der Waals surface area contributed by atoms with Crippen LogP contribution >= 0.6 is 0 Å². The van der Waals surface area contributed by atoms with Gasteiger partial charge < -0.3 is 24.4 Å². The van der Waals surface area contributed by atoms with Crippen molar-refractivity contribution < 1.29 is 32.6 Å². The van der Waals surface area contributed by atoms with E-state index in [0.717, 1.165) is 26.3 Å². The van der Waals surface area contributed by atoms with Crippen molar-refractivity contribution in [2.45, 2.75) is 57.5 Å². The van der Waals surface area contributed by atoms with Crippen molar-refractivity contribution in [3.05, 3.63) is 36.2 Å². The van der Waals surface area contributed by atoms with E-state index in [1.54, 1.807) is 18.2 Å². The first-order chi connectivity index (χ1) is 18.5. The summed E-state index contributed by atoms with van der Waals surface area (Å²) >= 11 is 0. The molecule has 5 heterocycles. The first-order valence-electron chi connectivity index (χ1n) is 12.9. The van der Waals surface area contributed by atoms with Gasteiger partial charge in [-0.25, -0.2) is 23.5 Å². The van der Waals surface area contributed by atoms with Gasteiger partial charge in [-0.05, 0) is 44.9 Å². The second kappa shape index (κ2) is 10.5. The number of amides is 3. The van der Waals surface area contributed by atoms with Crippen molar-refractivity contribution in [3.63, 3.8) is 0 Å². The number of aromatic nitrogens is 2. The molecule has 0 spiro atoms. The number of pyridine rings is 2. The number of urea groups is 1. The summed E-state index contributed by atoms with van der Waals surface area (Å²) in [6.07, 6.45) is 2.94. The standard InChI is InChI=1S/C26H32F2N6O5/c1-25(2)38-14-18(39-25)13-37-17-8-9-29-21(11-17)32-24(36)34-16-5-4-10-33(12-16)20-7-6-19(31-22(20)34)23(35)30-15-26(3,27)28/h6-9,11,16,18H,4-5,10,12-15H2,1-3H3,(H,30,35)(H,29,32,36)/t16-,18?/m0/s1. The summed E-state index contributed by atoms with van der Waals surface area (Å²) < 4.78 is 43.7. The van der Waals surface area contributed by atoms with Gasteiger partial charge in [-0.2, -0.15) is 0 Å². The van der Waals surface area contributed by atoms with Crippen molar-refractivity contribution >= 4 is 29.3 Å². The molecule has 2 bridgehead atoms. The molecule has 0 radical (unpaired) electrons. The smallest absolute Gasteiger partial charge is 0.329 e. The molecule has 13 heteroatoms. The van der Waals surface area contributed by atoms with E-state index in [9.17, 15) is 18.4 Å². The van der Waals surface area contributed by atoms with Crippen LogP contribution in [0, 0.1) is 0 Å². The fourth-order valence-electron chi connectivity index (χ4n) is 4.91. The lowest BCUT2D eigenvalue weighted by molar-refractivity contribution is -0.141. The van der Waals surface area contributed by atoms with E-state index in [2.05, 4.69) is 25.5 Å². The SMILES string of the molecule is CC(F)(F)CNC(=O)c1ccc2c(n1)N(C(=O)Nc1cc(OCC3COC(C)(C)O3)ccn1)[C@H]1CCCN2C1. The summed E-state index contributed by atoms with van der Waals surface area (Å²) in [6.45, 7) is 5.69. The maximum Gasteiger partial charge on any atom is 0.329 e. The molecule has 2 saturated heterocycles. The summed E-state index contributed by atoms with van der Waals surface area (Å²) in [5, 5.41) is 5.01. The van der Waals surface area contributed by atoms with E-state index in [1.165, 1.54) is 17.2 Å². The third-order valence-corrected chi connectivity index (χ3v) is 6.67. The predicted molar refractivity (Wildman–Crippen MR) is 139 cm³/mol. The molecule has 0 aliphatic carbocycles. The number of ether oxygens (including phenoxy) is 3. The molecule has 39 heavy (non-hydrogen) atoms. The van der Waals surface area contributed by atoms with Gasteiger partial charge >= 0.3 is 6.03 Å². The fourth-order valence-corrected chi connectivity index (χ4v) is 4.91. The number of carbonyl (C=O) groups excluding carboxylic acids is 2. The maximum absolute atomic E-state index is 13.6. The van der Waals surface area contributed by atoms with Crippen molar-refractivity contribution in [1.82, 2.24) is 15.3 Å². The highest BCUT2D eigenvalue weighted by Gasteiger charge is 2.39. The van der Waals surface area contributed by atoms with Gasteiger partial charge in [-0.15, -0.1) is 0 Å². The van der Waals surface area contributed by atoms with E-state index in [1.807, 2.05) is 13.8 Å². The van der Waals surface area contributed by atoms with Crippen LogP contribution in [0.2, 0.25) is 0 Å². The van der Waals surface area contributed by atoms with Gasteiger partial charge in [-0.3, -0.25) is 15.0 Å². The maximum atomic E-state index is 13.6. The summed E-state index contributed by atoms with van der Waals surface area (Å²) in [5.41, 5.74) is 0.650. The molecular formula is C26H32F2N6O5. The number of hydrogen-bond acceptors (Lipinski definition) is 8. The number of fused-ring (bicyclic) bond motifs is 4. The van der Waals surface area contributed by atoms with Crippen LogP contribution in [0.4, 0.5) is 30.9 Å². The lowest BCUT2D eigenvalue weighted by Gasteiger charge is -2.45. The van der Waals surface area contributed by atoms with Gasteiger partial charge in [0.2, 0.25) is 0 Å². The van der Waals surface area contributed by atoms with Crippen molar-refractivity contribution in [2.24, 2.45) is 0 Å². The van der Waals surface area contributed by atoms with Crippen LogP contribution in [-0.4, -0.2) is 78.6 Å². The molecule has 1 unspecified atom stereocenters. The average Bonchev–Trinajstić information content (AvgIpc) is 3.24. The Hall–Kier alpha value is -3.58. The highest BCUT2D eigenvalue weighted by molar-refractivity contribution is 6.04. The zero-order chi connectivity index (χ0) is 27.8. The normalized spacial score (nSPS) is 21.8. The molecule has 2 aromatic rings. The minimum absolute atomic E-state index is 0.0493. The number of anilines is 3. The molecule has 2 aromatic heterocycles. The monoisotopic (exact) mass is 546 g/mol. The number of carbonyl (C=O) groups is 2. The number of halogens is 2. The minimum Gasteiger partial charge on any atom is -0.491 e. The zero-order valence-electron chi connectivity index (χ0n) is 22.1. The molecule has 210 valence electrons. The van der Waals surface area contributed by atoms with Gasteiger partial charge in [0.05, 0.1) is 24.9 Å². The Kier molecular flexibility index (Phi) is 7.29. The second-order valence-corrected chi connectivity index (χ2v) is 10.5. The molecule has 0 saturated carbocycles. The van der Waals surface area contributed by atoms with Crippen LogP contribution in [0.3, 0.4) is 0 Å². The minimum atomic E-state index is -3.06. The average molecular weight is 547 g/mol. The molecule has 11 nitrogen and oxygen atoms in total. The first kappa shape index (κ1) is 27.0. The van der Waals surface area contributed by atoms with Crippen LogP contribution in [0.1, 0.15) is 44.1 Å². The summed E-state index contributed by atoms with van der Waals surface area (Å²) in [4.78, 5) is 38.4. The molecule has 0 aromatic carbocycles. The largest absolute Gasteiger partial charge is 0.491 e. The second-order valence-electron chi connectivity index (χ2n) is 10.5. The van der Waals surface area contributed by atoms with Gasteiger partial charge in [-0.1, -0.05) is 0 Å². The van der Waals surface area contributed by atoms with E-state index in [4.69, 9.17) is 14.2 Å². The van der Waals surface area contributed by atoms with Gasteiger partial charge in [0.1, 0.15) is 30.0 Å². The highest BCUT2D eigenvalue weighted by atomic mass is 19.3. The van der Waals surface area contributed by atoms with E-state index < -0.39 is 30.2 Å². The Morgan fingerprint density at radius 1 is 1.28 bits per heavy atom. The highest BCUT2D eigenvalue weighted by Crippen LogP contribution is 2.38. The summed E-state index contributed by atoms with van der Waals surface area (Å²) in [7, 11) is 0. The van der Waals surface area contributed by atoms with E-state index in [-0.39, 0.29) is 30.3 Å². The van der Waals surface area contributed by atoms with Gasteiger partial charge in [0, 0.05) is 32.3 Å². The quantitative estimate of drug-likeness (QED) is 0.543. The van der Waals surface area contributed by atoms with Crippen molar-refractivity contribution in [3.8, 4) is 5.75 Å². The van der Waals surface area contributed by atoms with Gasteiger partial charge in [0.25, 0.3) is 11.8 Å². The molecule has 3 aliphatic heterocycles.